The summed E-state index contributed by atoms with van der Waals surface area (Å²) in [7, 11) is 1.47. The molecular weight excluding hydrogens is 294 g/mol. The Morgan fingerprint density at radius 1 is 1.30 bits per heavy atom. The predicted octanol–water partition coefficient (Wildman–Crippen LogP) is 2.97. The van der Waals surface area contributed by atoms with Gasteiger partial charge < -0.3 is 15.2 Å². The summed E-state index contributed by atoms with van der Waals surface area (Å²) < 4.78 is 5.02. The highest BCUT2D eigenvalue weighted by atomic mass is 16.5. The molecule has 23 heavy (non-hydrogen) atoms. The number of phenolic OH excluding ortho intramolecular Hbond substituents is 1. The highest BCUT2D eigenvalue weighted by Crippen LogP contribution is 2.26. The molecule has 0 saturated heterocycles. The van der Waals surface area contributed by atoms with Crippen LogP contribution in [0.2, 0.25) is 0 Å². The molecule has 0 aromatic heterocycles. The Bertz CT molecular complexity index is 564. The molecule has 1 rings (SSSR count). The maximum atomic E-state index is 11.8. The zero-order chi connectivity index (χ0) is 17.2. The molecule has 2 N–H and O–H groups in total. The van der Waals surface area contributed by atoms with E-state index in [0.29, 0.717) is 37.5 Å². The number of hydrogen-bond acceptors (Lipinski definition) is 4. The van der Waals surface area contributed by atoms with Crippen LogP contribution in [0.25, 0.3) is 0 Å². The Morgan fingerprint density at radius 3 is 2.70 bits per heavy atom. The van der Waals surface area contributed by atoms with Gasteiger partial charge in [0.25, 0.3) is 0 Å². The number of hydrogen-bond donors (Lipinski definition) is 2. The summed E-state index contributed by atoms with van der Waals surface area (Å²) in [4.78, 5) is 23.3. The largest absolute Gasteiger partial charge is 0.504 e. The molecule has 1 aromatic rings. The third-order valence-electron chi connectivity index (χ3n) is 3.23. The van der Waals surface area contributed by atoms with Gasteiger partial charge >= 0.3 is 0 Å². The fourth-order valence-corrected chi connectivity index (χ4v) is 1.93. The summed E-state index contributed by atoms with van der Waals surface area (Å²) in [5.74, 6) is 0.742. The molecule has 0 spiro atoms. The van der Waals surface area contributed by atoms with Crippen molar-refractivity contribution < 1.29 is 19.4 Å². The van der Waals surface area contributed by atoms with Crippen molar-refractivity contribution in [3.05, 3.63) is 35.9 Å². The summed E-state index contributed by atoms with van der Waals surface area (Å²) in [5.41, 5.74) is 0.837. The minimum absolute atomic E-state index is 0.0507. The van der Waals surface area contributed by atoms with Crippen LogP contribution in [0.15, 0.2) is 30.4 Å². The van der Waals surface area contributed by atoms with Crippen LogP contribution in [-0.4, -0.2) is 23.9 Å². The molecule has 126 valence electrons. The Kier molecular flexibility index (Phi) is 7.88. The quantitative estimate of drug-likeness (QED) is 0.686. The molecule has 0 unspecified atom stereocenters. The van der Waals surface area contributed by atoms with Gasteiger partial charge in [0.15, 0.2) is 17.3 Å². The van der Waals surface area contributed by atoms with Gasteiger partial charge in [-0.05, 0) is 36.1 Å². The average Bonchev–Trinajstić information content (AvgIpc) is 2.52. The number of amides is 1. The monoisotopic (exact) mass is 319 g/mol. The van der Waals surface area contributed by atoms with Crippen molar-refractivity contribution in [1.29, 1.82) is 0 Å². The fourth-order valence-electron chi connectivity index (χ4n) is 1.93. The second kappa shape index (κ2) is 9.66. The van der Waals surface area contributed by atoms with Gasteiger partial charge in [0.1, 0.15) is 0 Å². The zero-order valence-corrected chi connectivity index (χ0v) is 14.0. The Balaban J connectivity index is 2.31. The first-order valence-corrected chi connectivity index (χ1v) is 7.76. The molecule has 0 saturated carbocycles. The first-order valence-electron chi connectivity index (χ1n) is 7.76. The van der Waals surface area contributed by atoms with Crippen LogP contribution in [0.1, 0.15) is 38.7 Å². The minimum Gasteiger partial charge on any atom is -0.504 e. The lowest BCUT2D eigenvalue weighted by molar-refractivity contribution is -0.121. The van der Waals surface area contributed by atoms with E-state index in [1.54, 1.807) is 18.2 Å². The smallest absolute Gasteiger partial charge is 0.220 e. The van der Waals surface area contributed by atoms with Crippen LogP contribution in [0.5, 0.6) is 11.5 Å². The molecule has 5 nitrogen and oxygen atoms in total. The van der Waals surface area contributed by atoms with Crippen molar-refractivity contribution in [2.75, 3.05) is 7.11 Å². The molecule has 0 aliphatic heterocycles. The summed E-state index contributed by atoms with van der Waals surface area (Å²) in [6.45, 7) is 4.38. The fraction of sp³-hybridized carbons (Fsp3) is 0.444. The van der Waals surface area contributed by atoms with E-state index >= 15 is 0 Å². The number of phenols is 1. The molecule has 0 aliphatic rings. The number of rotatable bonds is 9. The van der Waals surface area contributed by atoms with Crippen LogP contribution < -0.4 is 10.1 Å². The highest BCUT2D eigenvalue weighted by molar-refractivity contribution is 5.89. The van der Waals surface area contributed by atoms with Gasteiger partial charge in [-0.2, -0.15) is 0 Å². The van der Waals surface area contributed by atoms with E-state index in [4.69, 9.17) is 4.74 Å². The highest BCUT2D eigenvalue weighted by Gasteiger charge is 2.06. The number of nitrogens with one attached hydrogen (secondary N) is 1. The van der Waals surface area contributed by atoms with Crippen LogP contribution in [-0.2, 0) is 16.1 Å². The van der Waals surface area contributed by atoms with E-state index < -0.39 is 0 Å². The summed E-state index contributed by atoms with van der Waals surface area (Å²) in [6, 6.07) is 4.92. The topological polar surface area (TPSA) is 75.6 Å². The zero-order valence-electron chi connectivity index (χ0n) is 14.0. The molecule has 0 aliphatic carbocycles. The lowest BCUT2D eigenvalue weighted by Crippen LogP contribution is -2.22. The van der Waals surface area contributed by atoms with Crippen LogP contribution >= 0.6 is 0 Å². The van der Waals surface area contributed by atoms with E-state index in [-0.39, 0.29) is 17.4 Å². The number of ketones is 1. The number of carbonyl (C=O) groups excluding carboxylic acids is 2. The summed E-state index contributed by atoms with van der Waals surface area (Å²) in [6.07, 6.45) is 4.68. The Labute approximate surface area is 137 Å². The normalized spacial score (nSPS) is 11.0. The molecular formula is C18H25NO4. The number of methoxy groups -OCH3 is 1. The van der Waals surface area contributed by atoms with E-state index in [9.17, 15) is 14.7 Å². The minimum atomic E-state index is -0.0994. The molecule has 0 heterocycles. The molecule has 0 bridgehead atoms. The Hall–Kier alpha value is -2.30. The van der Waals surface area contributed by atoms with Gasteiger partial charge in [0.2, 0.25) is 5.91 Å². The van der Waals surface area contributed by atoms with E-state index in [2.05, 4.69) is 5.32 Å². The molecule has 1 aromatic carbocycles. The number of ether oxygens (including phenoxy) is 1. The van der Waals surface area contributed by atoms with Crippen LogP contribution in [0.3, 0.4) is 0 Å². The number of allylic oxidation sites excluding steroid dienone is 2. The Morgan fingerprint density at radius 2 is 2.04 bits per heavy atom. The number of carbonyl (C=O) groups is 2. The summed E-state index contributed by atoms with van der Waals surface area (Å²) in [5, 5.41) is 12.3. The second-order valence-corrected chi connectivity index (χ2v) is 5.71. The van der Waals surface area contributed by atoms with Crippen molar-refractivity contribution >= 4 is 11.7 Å². The van der Waals surface area contributed by atoms with E-state index in [1.165, 1.54) is 13.2 Å². The van der Waals surface area contributed by atoms with E-state index in [0.717, 1.165) is 5.56 Å². The third-order valence-corrected chi connectivity index (χ3v) is 3.23. The maximum absolute atomic E-state index is 11.8. The van der Waals surface area contributed by atoms with Gasteiger partial charge in [-0.25, -0.2) is 0 Å². The van der Waals surface area contributed by atoms with Crippen molar-refractivity contribution in [2.24, 2.45) is 5.92 Å². The first kappa shape index (κ1) is 18.7. The van der Waals surface area contributed by atoms with Gasteiger partial charge in [-0.3, -0.25) is 9.59 Å². The van der Waals surface area contributed by atoms with Gasteiger partial charge in [-0.1, -0.05) is 26.0 Å². The SMILES string of the molecule is COc1cc(CNC(=O)CCCC(=O)/C=C/C(C)C)ccc1O. The van der Waals surface area contributed by atoms with Crippen molar-refractivity contribution in [1.82, 2.24) is 5.32 Å². The maximum Gasteiger partial charge on any atom is 0.220 e. The van der Waals surface area contributed by atoms with Crippen molar-refractivity contribution in [3.8, 4) is 11.5 Å². The van der Waals surface area contributed by atoms with Gasteiger partial charge in [0.05, 0.1) is 7.11 Å². The average molecular weight is 319 g/mol. The molecule has 0 atom stereocenters. The molecule has 0 radical (unpaired) electrons. The van der Waals surface area contributed by atoms with Gasteiger partial charge in [-0.15, -0.1) is 0 Å². The predicted molar refractivity (Wildman–Crippen MR) is 89.3 cm³/mol. The standard InChI is InChI=1S/C18H25NO4/c1-13(2)7-9-15(20)5-4-6-18(22)19-12-14-8-10-16(21)17(11-14)23-3/h7-11,13,21H,4-6,12H2,1-3H3,(H,19,22)/b9-7+. The molecule has 5 heteroatoms. The van der Waals surface area contributed by atoms with E-state index in [1.807, 2.05) is 19.9 Å². The number of aromatic hydroxyl groups is 1. The number of benzene rings is 1. The van der Waals surface area contributed by atoms with Crippen LogP contribution in [0, 0.1) is 5.92 Å². The molecule has 0 fully saturated rings. The lowest BCUT2D eigenvalue weighted by Gasteiger charge is -2.08. The van der Waals surface area contributed by atoms with Gasteiger partial charge in [0, 0.05) is 19.4 Å². The first-order chi connectivity index (χ1) is 10.9. The summed E-state index contributed by atoms with van der Waals surface area (Å²) >= 11 is 0. The molecule has 1 amide bonds. The van der Waals surface area contributed by atoms with Crippen LogP contribution in [0.4, 0.5) is 0 Å². The van der Waals surface area contributed by atoms with Crippen molar-refractivity contribution in [3.63, 3.8) is 0 Å². The third kappa shape index (κ3) is 7.49. The second-order valence-electron chi connectivity index (χ2n) is 5.71. The van der Waals surface area contributed by atoms with Crippen molar-refractivity contribution in [2.45, 2.75) is 39.7 Å². The lowest BCUT2D eigenvalue weighted by atomic mass is 10.1.